The Balaban J connectivity index is 2.17. The Kier molecular flexibility index (Phi) is 3.13. The van der Waals surface area contributed by atoms with Gasteiger partial charge < -0.3 is 5.73 Å². The second kappa shape index (κ2) is 4.97. The van der Waals surface area contributed by atoms with Crippen LogP contribution < -0.4 is 5.73 Å². The summed E-state index contributed by atoms with van der Waals surface area (Å²) in [6.45, 7) is 4.01. The predicted octanol–water partition coefficient (Wildman–Crippen LogP) is 2.67. The number of nitrogen functional groups attached to an aromatic ring is 1. The molecule has 106 valence electrons. The molecule has 2 N–H and O–H groups in total. The number of halogens is 1. The Bertz CT molecular complexity index is 744. The lowest BCUT2D eigenvalue weighted by molar-refractivity contribution is 0.628. The van der Waals surface area contributed by atoms with E-state index >= 15 is 0 Å². The summed E-state index contributed by atoms with van der Waals surface area (Å²) >= 11 is 0. The molecule has 0 saturated heterocycles. The number of hydrogen-bond donors (Lipinski definition) is 1. The molecule has 0 fully saturated rings. The first kappa shape index (κ1) is 13.2. The molecule has 1 heterocycles. The maximum absolute atomic E-state index is 13.2. The van der Waals surface area contributed by atoms with E-state index in [0.717, 1.165) is 16.8 Å². The van der Waals surface area contributed by atoms with Crippen LogP contribution in [0.5, 0.6) is 0 Å². The number of benzene rings is 2. The number of nitrogens with two attached hydrogens (primary N) is 1. The van der Waals surface area contributed by atoms with Gasteiger partial charge in [-0.05, 0) is 54.1 Å². The van der Waals surface area contributed by atoms with Gasteiger partial charge in [-0.3, -0.25) is 0 Å². The summed E-state index contributed by atoms with van der Waals surface area (Å²) in [5.74, 6) is 0.0984. The van der Waals surface area contributed by atoms with E-state index in [1.54, 1.807) is 10.7 Å². The largest absolute Gasteiger partial charge is 0.398 e. The van der Waals surface area contributed by atoms with Crippen molar-refractivity contribution in [1.82, 2.24) is 20.2 Å². The van der Waals surface area contributed by atoms with Crippen LogP contribution in [0.25, 0.3) is 17.1 Å². The van der Waals surface area contributed by atoms with Crippen LogP contribution in [0.15, 0.2) is 36.4 Å². The van der Waals surface area contributed by atoms with Crippen molar-refractivity contribution in [2.24, 2.45) is 0 Å². The minimum Gasteiger partial charge on any atom is -0.398 e. The van der Waals surface area contributed by atoms with Crippen LogP contribution in [-0.4, -0.2) is 20.2 Å². The number of aryl methyl sites for hydroxylation is 2. The smallest absolute Gasteiger partial charge is 0.189 e. The van der Waals surface area contributed by atoms with Crippen LogP contribution in [0.4, 0.5) is 10.1 Å². The molecule has 5 nitrogen and oxygen atoms in total. The van der Waals surface area contributed by atoms with E-state index in [4.69, 9.17) is 5.73 Å². The van der Waals surface area contributed by atoms with E-state index in [0.29, 0.717) is 17.1 Å². The lowest BCUT2D eigenvalue weighted by Gasteiger charge is -2.10. The van der Waals surface area contributed by atoms with Crippen molar-refractivity contribution >= 4 is 5.69 Å². The highest BCUT2D eigenvalue weighted by Gasteiger charge is 2.15. The highest BCUT2D eigenvalue weighted by molar-refractivity contribution is 5.72. The molecule has 3 rings (SSSR count). The SMILES string of the molecule is Cc1ccc(-n2nnnc2-c2ccc(F)cc2N)c(C)c1. The third-order valence-corrected chi connectivity index (χ3v) is 3.30. The molecule has 1 aromatic heterocycles. The molecule has 0 aliphatic carbocycles. The minimum atomic E-state index is -0.387. The number of tetrazole rings is 1. The predicted molar refractivity (Wildman–Crippen MR) is 78.4 cm³/mol. The number of aromatic nitrogens is 4. The lowest BCUT2D eigenvalue weighted by atomic mass is 10.1. The van der Waals surface area contributed by atoms with Gasteiger partial charge in [0.25, 0.3) is 0 Å². The van der Waals surface area contributed by atoms with Gasteiger partial charge in [0.05, 0.1) is 5.69 Å². The topological polar surface area (TPSA) is 69.6 Å². The fraction of sp³-hybridized carbons (Fsp3) is 0.133. The fourth-order valence-electron chi connectivity index (χ4n) is 2.30. The third kappa shape index (κ3) is 2.35. The zero-order valence-electron chi connectivity index (χ0n) is 11.7. The average Bonchev–Trinajstić information content (AvgIpc) is 2.87. The van der Waals surface area contributed by atoms with E-state index in [1.807, 2.05) is 26.0 Å². The first-order valence-corrected chi connectivity index (χ1v) is 6.47. The van der Waals surface area contributed by atoms with E-state index in [-0.39, 0.29) is 5.82 Å². The van der Waals surface area contributed by atoms with Crippen LogP contribution >= 0.6 is 0 Å². The second-order valence-electron chi connectivity index (χ2n) is 4.94. The summed E-state index contributed by atoms with van der Waals surface area (Å²) in [5, 5.41) is 11.8. The molecule has 0 amide bonds. The van der Waals surface area contributed by atoms with Crippen molar-refractivity contribution in [3.8, 4) is 17.1 Å². The maximum atomic E-state index is 13.2. The van der Waals surface area contributed by atoms with Crippen molar-refractivity contribution in [3.63, 3.8) is 0 Å². The molecule has 21 heavy (non-hydrogen) atoms. The van der Waals surface area contributed by atoms with E-state index in [2.05, 4.69) is 21.6 Å². The van der Waals surface area contributed by atoms with Gasteiger partial charge >= 0.3 is 0 Å². The highest BCUT2D eigenvalue weighted by Crippen LogP contribution is 2.27. The van der Waals surface area contributed by atoms with Crippen LogP contribution in [0.3, 0.4) is 0 Å². The van der Waals surface area contributed by atoms with Gasteiger partial charge in [-0.15, -0.1) is 5.10 Å². The van der Waals surface area contributed by atoms with Crippen LogP contribution in [0.1, 0.15) is 11.1 Å². The van der Waals surface area contributed by atoms with E-state index < -0.39 is 0 Å². The molecule has 0 saturated carbocycles. The molecule has 0 atom stereocenters. The van der Waals surface area contributed by atoms with Crippen molar-refractivity contribution in [2.75, 3.05) is 5.73 Å². The molecule has 0 bridgehead atoms. The van der Waals surface area contributed by atoms with E-state index in [9.17, 15) is 4.39 Å². The Morgan fingerprint density at radius 2 is 1.90 bits per heavy atom. The molecule has 2 aromatic carbocycles. The molecule has 0 radical (unpaired) electrons. The van der Waals surface area contributed by atoms with Gasteiger partial charge in [0.1, 0.15) is 5.82 Å². The fourth-order valence-corrected chi connectivity index (χ4v) is 2.30. The number of hydrogen-bond acceptors (Lipinski definition) is 4. The lowest BCUT2D eigenvalue weighted by Crippen LogP contribution is -2.04. The molecule has 0 aliphatic rings. The van der Waals surface area contributed by atoms with Gasteiger partial charge in [-0.25, -0.2) is 4.39 Å². The normalized spacial score (nSPS) is 10.8. The monoisotopic (exact) mass is 283 g/mol. The van der Waals surface area contributed by atoms with Crippen LogP contribution in [0, 0.1) is 19.7 Å². The zero-order valence-corrected chi connectivity index (χ0v) is 11.7. The standard InChI is InChI=1S/C15H14FN5/c1-9-3-6-14(10(2)7-9)21-15(18-19-20-21)12-5-4-11(16)8-13(12)17/h3-8H,17H2,1-2H3. The summed E-state index contributed by atoms with van der Waals surface area (Å²) in [6.07, 6.45) is 0. The highest BCUT2D eigenvalue weighted by atomic mass is 19.1. The summed E-state index contributed by atoms with van der Waals surface area (Å²) in [4.78, 5) is 0. The molecule has 0 spiro atoms. The molecule has 0 aliphatic heterocycles. The minimum absolute atomic E-state index is 0.302. The second-order valence-corrected chi connectivity index (χ2v) is 4.94. The average molecular weight is 283 g/mol. The number of rotatable bonds is 2. The first-order chi connectivity index (χ1) is 10.1. The van der Waals surface area contributed by atoms with Crippen LogP contribution in [-0.2, 0) is 0 Å². The van der Waals surface area contributed by atoms with Crippen LogP contribution in [0.2, 0.25) is 0 Å². The zero-order chi connectivity index (χ0) is 15.0. The first-order valence-electron chi connectivity index (χ1n) is 6.47. The van der Waals surface area contributed by atoms with Crippen molar-refractivity contribution in [2.45, 2.75) is 13.8 Å². The molecule has 6 heteroatoms. The van der Waals surface area contributed by atoms with Crippen molar-refractivity contribution < 1.29 is 4.39 Å². The Morgan fingerprint density at radius 3 is 2.62 bits per heavy atom. The summed E-state index contributed by atoms with van der Waals surface area (Å²) in [6, 6.07) is 10.2. The van der Waals surface area contributed by atoms with Gasteiger partial charge in [-0.2, -0.15) is 4.68 Å². The Labute approximate surface area is 121 Å². The molecular formula is C15H14FN5. The summed E-state index contributed by atoms with van der Waals surface area (Å²) in [5.41, 5.74) is 9.84. The Morgan fingerprint density at radius 1 is 1.10 bits per heavy atom. The van der Waals surface area contributed by atoms with Gasteiger partial charge in [0.2, 0.25) is 0 Å². The van der Waals surface area contributed by atoms with Gasteiger partial charge in [0, 0.05) is 11.3 Å². The summed E-state index contributed by atoms with van der Waals surface area (Å²) < 4.78 is 14.8. The van der Waals surface area contributed by atoms with Gasteiger partial charge in [0.15, 0.2) is 5.82 Å². The molecule has 3 aromatic rings. The van der Waals surface area contributed by atoms with Crippen molar-refractivity contribution in [3.05, 3.63) is 53.3 Å². The quantitative estimate of drug-likeness (QED) is 0.734. The number of nitrogens with zero attached hydrogens (tertiary/aromatic N) is 4. The Hall–Kier alpha value is -2.76. The molecule has 0 unspecified atom stereocenters. The maximum Gasteiger partial charge on any atom is 0.189 e. The molecular weight excluding hydrogens is 269 g/mol. The summed E-state index contributed by atoms with van der Waals surface area (Å²) in [7, 11) is 0. The van der Waals surface area contributed by atoms with Gasteiger partial charge in [-0.1, -0.05) is 17.7 Å². The third-order valence-electron chi connectivity index (χ3n) is 3.30. The van der Waals surface area contributed by atoms with E-state index in [1.165, 1.54) is 12.1 Å². The number of anilines is 1. The van der Waals surface area contributed by atoms with Crippen molar-refractivity contribution in [1.29, 1.82) is 0 Å².